The number of hydrogen-bond donors (Lipinski definition) is 3. The predicted octanol–water partition coefficient (Wildman–Crippen LogP) is 1.82. The highest BCUT2D eigenvalue weighted by Crippen LogP contribution is 2.20. The van der Waals surface area contributed by atoms with E-state index in [2.05, 4.69) is 48.5 Å². The molecule has 1 aliphatic rings. The number of nitrogens with zero attached hydrogens (tertiary/aromatic N) is 4. The van der Waals surface area contributed by atoms with Gasteiger partial charge in [-0.3, -0.25) is 4.79 Å². The van der Waals surface area contributed by atoms with Crippen LogP contribution < -0.4 is 21.1 Å². The highest BCUT2D eigenvalue weighted by molar-refractivity contribution is 5.78. The lowest BCUT2D eigenvalue weighted by molar-refractivity contribution is 0.589. The van der Waals surface area contributed by atoms with Crippen LogP contribution in [-0.4, -0.2) is 46.1 Å². The zero-order chi connectivity index (χ0) is 18.6. The fourth-order valence-electron chi connectivity index (χ4n) is 3.27. The average Bonchev–Trinajstić information content (AvgIpc) is 2.69. The molecule has 8 heteroatoms. The van der Waals surface area contributed by atoms with Crippen LogP contribution in [0.15, 0.2) is 35.3 Å². The Morgan fingerprint density at radius 2 is 2.00 bits per heavy atom. The van der Waals surface area contributed by atoms with E-state index in [4.69, 9.17) is 0 Å². The zero-order valence-electron chi connectivity index (χ0n) is 15.3. The molecule has 0 radical (unpaired) electrons. The first-order valence-electron chi connectivity index (χ1n) is 9.31. The third-order valence-electron chi connectivity index (χ3n) is 4.62. The van der Waals surface area contributed by atoms with Gasteiger partial charge in [0.05, 0.1) is 17.6 Å². The number of aromatic amines is 1. The summed E-state index contributed by atoms with van der Waals surface area (Å²) >= 11 is 0. The number of piperazine rings is 1. The van der Waals surface area contributed by atoms with Gasteiger partial charge in [-0.2, -0.15) is 4.98 Å². The summed E-state index contributed by atoms with van der Waals surface area (Å²) in [5, 5.41) is 7.38. The minimum absolute atomic E-state index is 0.173. The van der Waals surface area contributed by atoms with Crippen LogP contribution in [0.3, 0.4) is 0 Å². The van der Waals surface area contributed by atoms with Crippen LogP contribution in [0.25, 0.3) is 11.0 Å². The van der Waals surface area contributed by atoms with Gasteiger partial charge in [-0.05, 0) is 24.6 Å². The third-order valence-corrected chi connectivity index (χ3v) is 4.62. The second-order valence-corrected chi connectivity index (χ2v) is 6.59. The van der Waals surface area contributed by atoms with Gasteiger partial charge in [0.15, 0.2) is 0 Å². The number of rotatable bonds is 5. The van der Waals surface area contributed by atoms with Gasteiger partial charge in [0.1, 0.15) is 11.5 Å². The van der Waals surface area contributed by atoms with Crippen LogP contribution >= 0.6 is 0 Å². The first-order valence-corrected chi connectivity index (χ1v) is 9.31. The molecule has 3 aromatic rings. The van der Waals surface area contributed by atoms with Gasteiger partial charge in [-0.15, -0.1) is 0 Å². The molecule has 1 aliphatic heterocycles. The standard InChI is InChI=1S/C19H23N7O/c1-2-3-15-14-5-7-17(27)24-18(14)25-19(22-15)23-16-6-4-13(12-21-16)26-10-8-20-9-11-26/h4-7,12,20H,2-3,8-11H2,1H3,(H2,21,22,23,24,25,27). The molecule has 0 spiro atoms. The monoisotopic (exact) mass is 365 g/mol. The summed E-state index contributed by atoms with van der Waals surface area (Å²) in [6.45, 7) is 6.04. The fraction of sp³-hybridized carbons (Fsp3) is 0.368. The Kier molecular flexibility index (Phi) is 4.97. The van der Waals surface area contributed by atoms with Crippen molar-refractivity contribution in [3.05, 3.63) is 46.5 Å². The molecule has 140 valence electrons. The summed E-state index contributed by atoms with van der Waals surface area (Å²) in [5.41, 5.74) is 2.39. The van der Waals surface area contributed by atoms with Crippen LogP contribution in [-0.2, 0) is 6.42 Å². The normalized spacial score (nSPS) is 14.5. The molecule has 0 atom stereocenters. The van der Waals surface area contributed by atoms with E-state index in [1.165, 1.54) is 6.07 Å². The van der Waals surface area contributed by atoms with E-state index < -0.39 is 0 Å². The Labute approximate surface area is 157 Å². The Morgan fingerprint density at radius 1 is 1.15 bits per heavy atom. The average molecular weight is 365 g/mol. The SMILES string of the molecule is CCCc1nc(Nc2ccc(N3CCNCC3)cn2)nc2[nH]c(=O)ccc12. The number of pyridine rings is 2. The first kappa shape index (κ1) is 17.4. The molecular formula is C19H23N7O. The lowest BCUT2D eigenvalue weighted by Crippen LogP contribution is -2.43. The molecule has 1 saturated heterocycles. The van der Waals surface area contributed by atoms with E-state index in [-0.39, 0.29) is 5.56 Å². The Bertz CT molecular complexity index is 978. The molecule has 3 N–H and O–H groups in total. The molecule has 0 saturated carbocycles. The van der Waals surface area contributed by atoms with Gasteiger partial charge < -0.3 is 20.5 Å². The number of fused-ring (bicyclic) bond motifs is 1. The highest BCUT2D eigenvalue weighted by Gasteiger charge is 2.12. The molecule has 1 fully saturated rings. The maximum atomic E-state index is 11.7. The quantitative estimate of drug-likeness (QED) is 0.634. The van der Waals surface area contributed by atoms with Crippen molar-refractivity contribution in [2.24, 2.45) is 0 Å². The first-order chi connectivity index (χ1) is 13.2. The third kappa shape index (κ3) is 3.90. The summed E-state index contributed by atoms with van der Waals surface area (Å²) in [7, 11) is 0. The van der Waals surface area contributed by atoms with E-state index >= 15 is 0 Å². The van der Waals surface area contributed by atoms with Gasteiger partial charge in [0.25, 0.3) is 0 Å². The molecule has 0 aliphatic carbocycles. The van der Waals surface area contributed by atoms with Crippen molar-refractivity contribution in [1.29, 1.82) is 0 Å². The summed E-state index contributed by atoms with van der Waals surface area (Å²) < 4.78 is 0. The van der Waals surface area contributed by atoms with Crippen molar-refractivity contribution >= 4 is 28.5 Å². The van der Waals surface area contributed by atoms with E-state index in [0.29, 0.717) is 17.4 Å². The summed E-state index contributed by atoms with van der Waals surface area (Å²) in [6.07, 6.45) is 3.64. The van der Waals surface area contributed by atoms with E-state index in [1.54, 1.807) is 6.07 Å². The molecule has 27 heavy (non-hydrogen) atoms. The summed E-state index contributed by atoms with van der Waals surface area (Å²) in [5.74, 6) is 1.11. The second-order valence-electron chi connectivity index (χ2n) is 6.59. The number of H-pyrrole nitrogens is 1. The summed E-state index contributed by atoms with van der Waals surface area (Å²) in [6, 6.07) is 7.27. The van der Waals surface area contributed by atoms with Gasteiger partial charge >= 0.3 is 0 Å². The minimum Gasteiger partial charge on any atom is -0.368 e. The van der Waals surface area contributed by atoms with Crippen molar-refractivity contribution in [3.8, 4) is 0 Å². The predicted molar refractivity (Wildman–Crippen MR) is 107 cm³/mol. The lowest BCUT2D eigenvalue weighted by Gasteiger charge is -2.29. The van der Waals surface area contributed by atoms with Crippen LogP contribution in [0, 0.1) is 0 Å². The Morgan fingerprint density at radius 3 is 2.74 bits per heavy atom. The number of hydrogen-bond acceptors (Lipinski definition) is 7. The van der Waals surface area contributed by atoms with Gasteiger partial charge in [-0.25, -0.2) is 9.97 Å². The lowest BCUT2D eigenvalue weighted by atomic mass is 10.1. The topological polar surface area (TPSA) is 98.8 Å². The Balaban J connectivity index is 1.59. The van der Waals surface area contributed by atoms with Crippen molar-refractivity contribution < 1.29 is 0 Å². The molecule has 4 heterocycles. The molecule has 3 aromatic heterocycles. The second kappa shape index (κ2) is 7.71. The summed E-state index contributed by atoms with van der Waals surface area (Å²) in [4.78, 5) is 30.3. The van der Waals surface area contributed by atoms with Gasteiger partial charge in [-0.1, -0.05) is 13.3 Å². The molecule has 0 unspecified atom stereocenters. The van der Waals surface area contributed by atoms with E-state index in [1.807, 2.05) is 12.3 Å². The highest BCUT2D eigenvalue weighted by atomic mass is 16.1. The number of nitrogens with one attached hydrogen (secondary N) is 3. The molecule has 0 aromatic carbocycles. The maximum absolute atomic E-state index is 11.7. The van der Waals surface area contributed by atoms with Gasteiger partial charge in [0, 0.05) is 37.6 Å². The molecule has 0 bridgehead atoms. The van der Waals surface area contributed by atoms with Gasteiger partial charge in [0.2, 0.25) is 11.5 Å². The van der Waals surface area contributed by atoms with Crippen molar-refractivity contribution in [2.75, 3.05) is 36.4 Å². The largest absolute Gasteiger partial charge is 0.368 e. The number of aryl methyl sites for hydroxylation is 1. The zero-order valence-corrected chi connectivity index (χ0v) is 15.3. The molecule has 4 rings (SSSR count). The molecule has 8 nitrogen and oxygen atoms in total. The van der Waals surface area contributed by atoms with Crippen LogP contribution in [0.2, 0.25) is 0 Å². The minimum atomic E-state index is -0.173. The van der Waals surface area contributed by atoms with Crippen LogP contribution in [0.1, 0.15) is 19.0 Å². The Hall–Kier alpha value is -3.00. The fourth-order valence-corrected chi connectivity index (χ4v) is 3.27. The van der Waals surface area contributed by atoms with E-state index in [9.17, 15) is 4.79 Å². The van der Waals surface area contributed by atoms with Crippen molar-refractivity contribution in [2.45, 2.75) is 19.8 Å². The van der Waals surface area contributed by atoms with Crippen molar-refractivity contribution in [3.63, 3.8) is 0 Å². The number of anilines is 3. The molecular weight excluding hydrogens is 342 g/mol. The maximum Gasteiger partial charge on any atom is 0.249 e. The smallest absolute Gasteiger partial charge is 0.249 e. The van der Waals surface area contributed by atoms with Crippen LogP contribution in [0.5, 0.6) is 0 Å². The molecule has 0 amide bonds. The van der Waals surface area contributed by atoms with Crippen molar-refractivity contribution in [1.82, 2.24) is 25.3 Å². The van der Waals surface area contributed by atoms with E-state index in [0.717, 1.165) is 55.8 Å². The number of aromatic nitrogens is 4. The van der Waals surface area contributed by atoms with Crippen LogP contribution in [0.4, 0.5) is 17.5 Å².